The molecule has 0 bridgehead atoms. The Bertz CT molecular complexity index is 566. The molecule has 2 nitrogen and oxygen atoms in total. The summed E-state index contributed by atoms with van der Waals surface area (Å²) in [6.45, 7) is 4.83. The lowest BCUT2D eigenvalue weighted by molar-refractivity contribution is 0.410. The van der Waals surface area contributed by atoms with Crippen molar-refractivity contribution in [1.29, 1.82) is 0 Å². The Morgan fingerprint density at radius 1 is 1.15 bits per heavy atom. The van der Waals surface area contributed by atoms with Crippen molar-refractivity contribution in [3.8, 4) is 5.75 Å². The highest BCUT2D eigenvalue weighted by atomic mass is 19.1. The molecule has 1 atom stereocenters. The van der Waals surface area contributed by atoms with Gasteiger partial charge in [0, 0.05) is 11.6 Å². The van der Waals surface area contributed by atoms with Crippen LogP contribution in [0.15, 0.2) is 42.5 Å². The largest absolute Gasteiger partial charge is 0.497 e. The predicted octanol–water partition coefficient (Wildman–Crippen LogP) is 3.84. The summed E-state index contributed by atoms with van der Waals surface area (Å²) in [6.07, 6.45) is 0. The van der Waals surface area contributed by atoms with Crippen molar-refractivity contribution in [1.82, 2.24) is 5.32 Å². The first kappa shape index (κ1) is 14.5. The first-order valence-electron chi connectivity index (χ1n) is 6.79. The van der Waals surface area contributed by atoms with Gasteiger partial charge in [0.2, 0.25) is 0 Å². The highest BCUT2D eigenvalue weighted by molar-refractivity contribution is 5.37. The minimum atomic E-state index is -0.254. The van der Waals surface area contributed by atoms with Crippen LogP contribution >= 0.6 is 0 Å². The van der Waals surface area contributed by atoms with Crippen molar-refractivity contribution >= 4 is 0 Å². The number of benzene rings is 2. The number of methoxy groups -OCH3 is 1. The zero-order valence-electron chi connectivity index (χ0n) is 12.1. The molecule has 0 radical (unpaired) electrons. The Morgan fingerprint density at radius 3 is 2.40 bits per heavy atom. The predicted molar refractivity (Wildman–Crippen MR) is 79.7 cm³/mol. The molecular weight excluding hydrogens is 253 g/mol. The average molecular weight is 273 g/mol. The molecule has 2 rings (SSSR count). The van der Waals surface area contributed by atoms with E-state index in [1.165, 1.54) is 18.7 Å². The van der Waals surface area contributed by atoms with E-state index in [0.717, 1.165) is 12.1 Å². The van der Waals surface area contributed by atoms with Gasteiger partial charge >= 0.3 is 0 Å². The third-order valence-electron chi connectivity index (χ3n) is 3.34. The lowest BCUT2D eigenvalue weighted by Crippen LogP contribution is -2.23. The zero-order chi connectivity index (χ0) is 14.5. The summed E-state index contributed by atoms with van der Waals surface area (Å²) < 4.78 is 19.3. The summed E-state index contributed by atoms with van der Waals surface area (Å²) in [5.74, 6) is 0.279. The van der Waals surface area contributed by atoms with Crippen LogP contribution in [0.3, 0.4) is 0 Å². The molecule has 0 amide bonds. The van der Waals surface area contributed by atoms with E-state index in [0.29, 0.717) is 11.3 Å². The Labute approximate surface area is 119 Å². The maximum atomic E-state index is 14.3. The molecule has 0 saturated carbocycles. The minimum absolute atomic E-state index is 0.147. The van der Waals surface area contributed by atoms with Crippen LogP contribution in [0.25, 0.3) is 0 Å². The normalized spacial score (nSPS) is 12.2. The molecule has 2 aromatic carbocycles. The molecule has 0 aromatic heterocycles. The monoisotopic (exact) mass is 273 g/mol. The first-order valence-corrected chi connectivity index (χ1v) is 6.79. The lowest BCUT2D eigenvalue weighted by Gasteiger charge is -2.20. The number of halogens is 1. The minimum Gasteiger partial charge on any atom is -0.497 e. The van der Waals surface area contributed by atoms with E-state index in [-0.39, 0.29) is 11.9 Å². The van der Waals surface area contributed by atoms with Crippen LogP contribution in [-0.2, 0) is 0 Å². The maximum Gasteiger partial charge on any atom is 0.132 e. The standard InChI is InChI=1S/C17H20FNO/c1-4-19-17(13-7-5-12(2)6-8-13)15-10-9-14(20-3)11-16(15)18/h5-11,17,19H,4H2,1-3H3. The SMILES string of the molecule is CCNC(c1ccc(C)cc1)c1ccc(OC)cc1F. The summed E-state index contributed by atoms with van der Waals surface area (Å²) in [4.78, 5) is 0. The van der Waals surface area contributed by atoms with Gasteiger partial charge in [-0.05, 0) is 25.1 Å². The molecule has 0 aliphatic carbocycles. The topological polar surface area (TPSA) is 21.3 Å². The third-order valence-corrected chi connectivity index (χ3v) is 3.34. The van der Waals surface area contributed by atoms with Gasteiger partial charge in [-0.15, -0.1) is 0 Å². The van der Waals surface area contributed by atoms with E-state index in [1.54, 1.807) is 12.1 Å². The third kappa shape index (κ3) is 3.17. The molecule has 3 heteroatoms. The molecule has 1 unspecified atom stereocenters. The lowest BCUT2D eigenvalue weighted by atomic mass is 9.97. The Morgan fingerprint density at radius 2 is 1.85 bits per heavy atom. The van der Waals surface area contributed by atoms with Crippen LogP contribution in [0, 0.1) is 12.7 Å². The van der Waals surface area contributed by atoms with Gasteiger partial charge in [-0.2, -0.15) is 0 Å². The molecule has 0 aliphatic heterocycles. The van der Waals surface area contributed by atoms with Gasteiger partial charge in [-0.1, -0.05) is 42.8 Å². The Hall–Kier alpha value is -1.87. The molecule has 106 valence electrons. The quantitative estimate of drug-likeness (QED) is 0.893. The van der Waals surface area contributed by atoms with Crippen molar-refractivity contribution in [2.24, 2.45) is 0 Å². The average Bonchev–Trinajstić information content (AvgIpc) is 2.46. The second kappa shape index (κ2) is 6.53. The molecule has 0 heterocycles. The zero-order valence-corrected chi connectivity index (χ0v) is 12.1. The second-order valence-corrected chi connectivity index (χ2v) is 4.79. The summed E-state index contributed by atoms with van der Waals surface area (Å²) in [5.41, 5.74) is 2.89. The molecular formula is C17H20FNO. The number of hydrogen-bond acceptors (Lipinski definition) is 2. The molecule has 0 saturated heterocycles. The fourth-order valence-corrected chi connectivity index (χ4v) is 2.24. The molecule has 1 N–H and O–H groups in total. The van der Waals surface area contributed by atoms with E-state index in [4.69, 9.17) is 4.74 Å². The van der Waals surface area contributed by atoms with Crippen molar-refractivity contribution in [2.75, 3.05) is 13.7 Å². The van der Waals surface area contributed by atoms with E-state index in [1.807, 2.05) is 38.1 Å². The van der Waals surface area contributed by atoms with Crippen molar-refractivity contribution in [2.45, 2.75) is 19.9 Å². The molecule has 20 heavy (non-hydrogen) atoms. The molecule has 2 aromatic rings. The Balaban J connectivity index is 2.40. The molecule has 0 spiro atoms. The number of aryl methyl sites for hydroxylation is 1. The highest BCUT2D eigenvalue weighted by Crippen LogP contribution is 2.27. The van der Waals surface area contributed by atoms with Crippen LogP contribution < -0.4 is 10.1 Å². The Kier molecular flexibility index (Phi) is 4.74. The van der Waals surface area contributed by atoms with Gasteiger partial charge < -0.3 is 10.1 Å². The van der Waals surface area contributed by atoms with Gasteiger partial charge in [0.1, 0.15) is 11.6 Å². The first-order chi connectivity index (χ1) is 9.65. The number of nitrogens with one attached hydrogen (secondary N) is 1. The fraction of sp³-hybridized carbons (Fsp3) is 0.294. The van der Waals surface area contributed by atoms with E-state index in [2.05, 4.69) is 5.32 Å². The van der Waals surface area contributed by atoms with Crippen molar-refractivity contribution in [3.63, 3.8) is 0 Å². The van der Waals surface area contributed by atoms with Crippen LogP contribution in [-0.4, -0.2) is 13.7 Å². The maximum absolute atomic E-state index is 14.3. The van der Waals surface area contributed by atoms with Crippen LogP contribution in [0.5, 0.6) is 5.75 Å². The summed E-state index contributed by atoms with van der Waals surface area (Å²) in [7, 11) is 1.54. The van der Waals surface area contributed by atoms with Crippen LogP contribution in [0.4, 0.5) is 4.39 Å². The second-order valence-electron chi connectivity index (χ2n) is 4.79. The number of ether oxygens (including phenoxy) is 1. The molecule has 0 fully saturated rings. The van der Waals surface area contributed by atoms with Gasteiger partial charge in [-0.25, -0.2) is 4.39 Å². The van der Waals surface area contributed by atoms with E-state index < -0.39 is 0 Å². The van der Waals surface area contributed by atoms with Crippen molar-refractivity contribution < 1.29 is 9.13 Å². The van der Waals surface area contributed by atoms with Crippen LogP contribution in [0.2, 0.25) is 0 Å². The van der Waals surface area contributed by atoms with Crippen LogP contribution in [0.1, 0.15) is 29.7 Å². The summed E-state index contributed by atoms with van der Waals surface area (Å²) in [6, 6.07) is 13.0. The van der Waals surface area contributed by atoms with E-state index in [9.17, 15) is 4.39 Å². The summed E-state index contributed by atoms with van der Waals surface area (Å²) >= 11 is 0. The van der Waals surface area contributed by atoms with Gasteiger partial charge in [0.15, 0.2) is 0 Å². The fourth-order valence-electron chi connectivity index (χ4n) is 2.24. The number of hydrogen-bond donors (Lipinski definition) is 1. The smallest absolute Gasteiger partial charge is 0.132 e. The van der Waals surface area contributed by atoms with Gasteiger partial charge in [0.05, 0.1) is 13.2 Å². The number of rotatable bonds is 5. The molecule has 0 aliphatic rings. The van der Waals surface area contributed by atoms with Crippen molar-refractivity contribution in [3.05, 3.63) is 65.0 Å². The summed E-state index contributed by atoms with van der Waals surface area (Å²) in [5, 5.41) is 3.33. The van der Waals surface area contributed by atoms with E-state index >= 15 is 0 Å². The highest BCUT2D eigenvalue weighted by Gasteiger charge is 2.17. The van der Waals surface area contributed by atoms with Gasteiger partial charge in [-0.3, -0.25) is 0 Å². The van der Waals surface area contributed by atoms with Gasteiger partial charge in [0.25, 0.3) is 0 Å².